The third kappa shape index (κ3) is 3.72. The van der Waals surface area contributed by atoms with Crippen molar-refractivity contribution in [2.24, 2.45) is 0 Å². The molecule has 17 heavy (non-hydrogen) atoms. The molecule has 1 amide bonds. The fourth-order valence-corrected chi connectivity index (χ4v) is 1.71. The van der Waals surface area contributed by atoms with Gasteiger partial charge in [0.1, 0.15) is 0 Å². The number of benzene rings is 1. The van der Waals surface area contributed by atoms with Crippen LogP contribution in [0, 0.1) is 0 Å². The monoisotopic (exact) mass is 255 g/mol. The predicted molar refractivity (Wildman–Crippen MR) is 69.4 cm³/mol. The van der Waals surface area contributed by atoms with Gasteiger partial charge in [0.05, 0.1) is 12.6 Å². The Morgan fingerprint density at radius 1 is 1.53 bits per heavy atom. The first-order valence-corrected chi connectivity index (χ1v) is 6.04. The van der Waals surface area contributed by atoms with Crippen molar-refractivity contribution in [1.82, 2.24) is 4.90 Å². The van der Waals surface area contributed by atoms with Crippen LogP contribution in [0.25, 0.3) is 0 Å². The quantitative estimate of drug-likeness (QED) is 0.757. The molecule has 0 aromatic heterocycles. The molecule has 0 saturated carbocycles. The minimum Gasteiger partial charge on any atom is -0.383 e. The summed E-state index contributed by atoms with van der Waals surface area (Å²) >= 11 is 5.75. The smallest absolute Gasteiger partial charge is 0.253 e. The zero-order chi connectivity index (χ0) is 12.8. The van der Waals surface area contributed by atoms with E-state index in [0.717, 1.165) is 5.56 Å². The second-order valence-electron chi connectivity index (χ2n) is 4.05. The van der Waals surface area contributed by atoms with Crippen LogP contribution in [0.1, 0.15) is 22.8 Å². The fourth-order valence-electron chi connectivity index (χ4n) is 1.54. The third-order valence-electron chi connectivity index (χ3n) is 2.72. The van der Waals surface area contributed by atoms with E-state index in [-0.39, 0.29) is 11.9 Å². The maximum absolute atomic E-state index is 12.2. The maximum atomic E-state index is 12.2. The Labute approximate surface area is 107 Å². The van der Waals surface area contributed by atoms with E-state index in [9.17, 15) is 4.79 Å². The van der Waals surface area contributed by atoms with Gasteiger partial charge in [0.25, 0.3) is 5.91 Å². The number of amides is 1. The van der Waals surface area contributed by atoms with Crippen molar-refractivity contribution in [3.8, 4) is 0 Å². The minimum absolute atomic E-state index is 0.0125. The number of carbonyl (C=O) groups excluding carboxylic acids is 1. The molecule has 1 rings (SSSR count). The topological polar surface area (TPSA) is 29.5 Å². The minimum atomic E-state index is -0.0125. The number of ether oxygens (including phenoxy) is 1. The number of nitrogens with zero attached hydrogens (tertiary/aromatic N) is 1. The zero-order valence-electron chi connectivity index (χ0n) is 10.4. The summed E-state index contributed by atoms with van der Waals surface area (Å²) in [5.41, 5.74) is 1.61. The summed E-state index contributed by atoms with van der Waals surface area (Å²) in [5.74, 6) is 0.403. The average Bonchev–Trinajstić information content (AvgIpc) is 2.37. The van der Waals surface area contributed by atoms with Crippen molar-refractivity contribution in [3.05, 3.63) is 35.4 Å². The number of carbonyl (C=O) groups is 1. The summed E-state index contributed by atoms with van der Waals surface area (Å²) in [5, 5.41) is 0. The van der Waals surface area contributed by atoms with Gasteiger partial charge in [-0.2, -0.15) is 0 Å². The van der Waals surface area contributed by atoms with Gasteiger partial charge in [-0.05, 0) is 24.6 Å². The van der Waals surface area contributed by atoms with Crippen LogP contribution in [0.5, 0.6) is 0 Å². The molecule has 0 saturated heterocycles. The molecule has 0 N–H and O–H groups in total. The van der Waals surface area contributed by atoms with Crippen LogP contribution < -0.4 is 0 Å². The standard InChI is InChI=1S/C13H18ClNO2/c1-10(9-17-3)15(2)13(16)12-6-4-5-11(7-12)8-14/h4-7,10H,8-9H2,1-3H3. The lowest BCUT2D eigenvalue weighted by Crippen LogP contribution is -2.37. The van der Waals surface area contributed by atoms with E-state index in [1.165, 1.54) is 0 Å². The van der Waals surface area contributed by atoms with Gasteiger partial charge in [-0.15, -0.1) is 11.6 Å². The summed E-state index contributed by atoms with van der Waals surface area (Å²) in [6.45, 7) is 2.48. The summed E-state index contributed by atoms with van der Waals surface area (Å²) in [4.78, 5) is 13.8. The van der Waals surface area contributed by atoms with E-state index in [2.05, 4.69) is 0 Å². The SMILES string of the molecule is COCC(C)N(C)C(=O)c1cccc(CCl)c1. The molecule has 4 heteroatoms. The van der Waals surface area contributed by atoms with Crippen molar-refractivity contribution < 1.29 is 9.53 Å². The second kappa shape index (κ2) is 6.62. The van der Waals surface area contributed by atoms with Crippen molar-refractivity contribution >= 4 is 17.5 Å². The van der Waals surface area contributed by atoms with Crippen molar-refractivity contribution in [2.75, 3.05) is 20.8 Å². The fraction of sp³-hybridized carbons (Fsp3) is 0.462. The van der Waals surface area contributed by atoms with Gasteiger partial charge < -0.3 is 9.64 Å². The van der Waals surface area contributed by atoms with E-state index < -0.39 is 0 Å². The van der Waals surface area contributed by atoms with E-state index in [0.29, 0.717) is 18.1 Å². The Hall–Kier alpha value is -1.06. The van der Waals surface area contributed by atoms with Crippen LogP contribution in [0.3, 0.4) is 0 Å². The molecule has 0 bridgehead atoms. The first-order valence-electron chi connectivity index (χ1n) is 5.51. The number of hydrogen-bond donors (Lipinski definition) is 0. The summed E-state index contributed by atoms with van der Waals surface area (Å²) in [6, 6.07) is 7.43. The van der Waals surface area contributed by atoms with Crippen molar-refractivity contribution in [1.29, 1.82) is 0 Å². The third-order valence-corrected chi connectivity index (χ3v) is 3.03. The number of methoxy groups -OCH3 is 1. The predicted octanol–water partition coefficient (Wildman–Crippen LogP) is 2.53. The molecule has 1 unspecified atom stereocenters. The van der Waals surface area contributed by atoms with Crippen LogP contribution in [0.2, 0.25) is 0 Å². The molecule has 3 nitrogen and oxygen atoms in total. The van der Waals surface area contributed by atoms with Crippen LogP contribution >= 0.6 is 11.6 Å². The molecule has 94 valence electrons. The summed E-state index contributed by atoms with van der Waals surface area (Å²) in [7, 11) is 3.41. The van der Waals surface area contributed by atoms with Crippen LogP contribution in [-0.2, 0) is 10.6 Å². The molecule has 0 aliphatic rings. The first-order chi connectivity index (χ1) is 8.10. The molecule has 0 radical (unpaired) electrons. The lowest BCUT2D eigenvalue weighted by Gasteiger charge is -2.24. The Kier molecular flexibility index (Phi) is 5.45. The first kappa shape index (κ1) is 14.0. The number of halogens is 1. The lowest BCUT2D eigenvalue weighted by molar-refractivity contribution is 0.0633. The highest BCUT2D eigenvalue weighted by Gasteiger charge is 2.17. The van der Waals surface area contributed by atoms with Gasteiger partial charge in [0.15, 0.2) is 0 Å². The van der Waals surface area contributed by atoms with E-state index >= 15 is 0 Å². The van der Waals surface area contributed by atoms with Crippen LogP contribution in [0.4, 0.5) is 0 Å². The lowest BCUT2D eigenvalue weighted by atomic mass is 10.1. The van der Waals surface area contributed by atoms with E-state index in [1.54, 1.807) is 25.1 Å². The molecular formula is C13H18ClNO2. The van der Waals surface area contributed by atoms with Crippen LogP contribution in [0.15, 0.2) is 24.3 Å². The number of rotatable bonds is 5. The van der Waals surface area contributed by atoms with Gasteiger partial charge in [0.2, 0.25) is 0 Å². The molecule has 0 spiro atoms. The maximum Gasteiger partial charge on any atom is 0.253 e. The van der Waals surface area contributed by atoms with Crippen molar-refractivity contribution in [2.45, 2.75) is 18.8 Å². The molecule has 1 aromatic rings. The highest BCUT2D eigenvalue weighted by Crippen LogP contribution is 2.11. The molecule has 1 aromatic carbocycles. The van der Waals surface area contributed by atoms with Gasteiger partial charge >= 0.3 is 0 Å². The summed E-state index contributed by atoms with van der Waals surface area (Å²) < 4.78 is 5.04. The second-order valence-corrected chi connectivity index (χ2v) is 4.32. The average molecular weight is 256 g/mol. The Balaban J connectivity index is 2.80. The van der Waals surface area contributed by atoms with E-state index in [4.69, 9.17) is 16.3 Å². The Bertz CT molecular complexity index is 381. The molecule has 0 aliphatic carbocycles. The zero-order valence-corrected chi connectivity index (χ0v) is 11.2. The van der Waals surface area contributed by atoms with E-state index in [1.807, 2.05) is 25.1 Å². The molecular weight excluding hydrogens is 238 g/mol. The highest BCUT2D eigenvalue weighted by molar-refractivity contribution is 6.17. The number of hydrogen-bond acceptors (Lipinski definition) is 2. The van der Waals surface area contributed by atoms with Gasteiger partial charge in [0, 0.05) is 25.6 Å². The van der Waals surface area contributed by atoms with Gasteiger partial charge in [-0.25, -0.2) is 0 Å². The summed E-state index contributed by atoms with van der Waals surface area (Å²) in [6.07, 6.45) is 0. The van der Waals surface area contributed by atoms with Gasteiger partial charge in [-0.3, -0.25) is 4.79 Å². The largest absolute Gasteiger partial charge is 0.383 e. The highest BCUT2D eigenvalue weighted by atomic mass is 35.5. The van der Waals surface area contributed by atoms with Gasteiger partial charge in [-0.1, -0.05) is 12.1 Å². The Morgan fingerprint density at radius 3 is 2.82 bits per heavy atom. The Morgan fingerprint density at radius 2 is 2.24 bits per heavy atom. The number of likely N-dealkylation sites (N-methyl/N-ethyl adjacent to an activating group) is 1. The normalized spacial score (nSPS) is 12.2. The molecule has 0 fully saturated rings. The van der Waals surface area contributed by atoms with Crippen molar-refractivity contribution in [3.63, 3.8) is 0 Å². The molecule has 1 atom stereocenters. The number of alkyl halides is 1. The van der Waals surface area contributed by atoms with Crippen LogP contribution in [-0.4, -0.2) is 37.6 Å². The molecule has 0 aliphatic heterocycles. The molecule has 0 heterocycles.